The molecule has 2 amide bonds. The second-order valence-corrected chi connectivity index (χ2v) is 3.94. The summed E-state index contributed by atoms with van der Waals surface area (Å²) < 4.78 is 0. The molecule has 18 heavy (non-hydrogen) atoms. The van der Waals surface area contributed by atoms with Crippen LogP contribution in [0.4, 0.5) is 10.6 Å². The van der Waals surface area contributed by atoms with Crippen LogP contribution < -0.4 is 10.6 Å². The van der Waals surface area contributed by atoms with Gasteiger partial charge in [-0.05, 0) is 18.4 Å². The Labute approximate surface area is 106 Å². The largest absolute Gasteiger partial charge is 0.338 e. The fourth-order valence-corrected chi connectivity index (χ4v) is 1.63. The molecular formula is C13H16N4O. The van der Waals surface area contributed by atoms with Crippen molar-refractivity contribution in [3.63, 3.8) is 0 Å². The van der Waals surface area contributed by atoms with E-state index in [1.54, 1.807) is 12.3 Å². The fourth-order valence-electron chi connectivity index (χ4n) is 1.63. The first kappa shape index (κ1) is 12.2. The highest BCUT2D eigenvalue weighted by molar-refractivity contribution is 5.87. The van der Waals surface area contributed by atoms with Gasteiger partial charge in [0, 0.05) is 12.6 Å². The number of anilines is 1. The Balaban J connectivity index is 1.62. The van der Waals surface area contributed by atoms with Crippen LogP contribution in [0.3, 0.4) is 0 Å². The maximum absolute atomic E-state index is 11.5. The predicted molar refractivity (Wildman–Crippen MR) is 70.4 cm³/mol. The standard InChI is InChI=1S/C13H16N4O/c18-13(16-12-8-10-15-17-12)14-9-4-7-11-5-2-1-3-6-11/h1-3,5-6,8,10H,4,7,9H2,(H3,14,15,16,17,18). The summed E-state index contributed by atoms with van der Waals surface area (Å²) in [4.78, 5) is 11.5. The number of amides is 2. The summed E-state index contributed by atoms with van der Waals surface area (Å²) in [5, 5.41) is 11.9. The zero-order valence-corrected chi connectivity index (χ0v) is 10.0. The molecule has 0 aliphatic carbocycles. The maximum atomic E-state index is 11.5. The van der Waals surface area contributed by atoms with E-state index in [1.807, 2.05) is 18.2 Å². The number of aryl methyl sites for hydroxylation is 1. The first-order valence-electron chi connectivity index (χ1n) is 5.93. The number of nitrogens with one attached hydrogen (secondary N) is 3. The van der Waals surface area contributed by atoms with Crippen molar-refractivity contribution in [3.8, 4) is 0 Å². The average Bonchev–Trinajstić information content (AvgIpc) is 2.89. The van der Waals surface area contributed by atoms with Crippen molar-refractivity contribution in [2.75, 3.05) is 11.9 Å². The number of H-pyrrole nitrogens is 1. The number of carbonyl (C=O) groups is 1. The molecule has 0 saturated heterocycles. The van der Waals surface area contributed by atoms with Gasteiger partial charge >= 0.3 is 6.03 Å². The second kappa shape index (κ2) is 6.44. The zero-order valence-electron chi connectivity index (χ0n) is 10.0. The summed E-state index contributed by atoms with van der Waals surface area (Å²) in [6, 6.07) is 11.7. The van der Waals surface area contributed by atoms with Crippen molar-refractivity contribution in [2.45, 2.75) is 12.8 Å². The van der Waals surface area contributed by atoms with Crippen molar-refractivity contribution in [3.05, 3.63) is 48.2 Å². The highest BCUT2D eigenvalue weighted by Crippen LogP contribution is 2.01. The van der Waals surface area contributed by atoms with Gasteiger partial charge in [0.2, 0.25) is 0 Å². The van der Waals surface area contributed by atoms with E-state index in [2.05, 4.69) is 33.0 Å². The fraction of sp³-hybridized carbons (Fsp3) is 0.231. The summed E-state index contributed by atoms with van der Waals surface area (Å²) in [7, 11) is 0. The Hall–Kier alpha value is -2.30. The van der Waals surface area contributed by atoms with Crippen molar-refractivity contribution in [1.82, 2.24) is 15.5 Å². The predicted octanol–water partition coefficient (Wildman–Crippen LogP) is 2.16. The monoisotopic (exact) mass is 244 g/mol. The Bertz CT molecular complexity index is 467. The van der Waals surface area contributed by atoms with Crippen LogP contribution in [0.25, 0.3) is 0 Å². The quantitative estimate of drug-likeness (QED) is 0.705. The minimum Gasteiger partial charge on any atom is -0.338 e. The van der Waals surface area contributed by atoms with Crippen molar-refractivity contribution < 1.29 is 4.79 Å². The first-order valence-corrected chi connectivity index (χ1v) is 5.93. The number of hydrogen-bond acceptors (Lipinski definition) is 2. The van der Waals surface area contributed by atoms with E-state index in [0.29, 0.717) is 12.4 Å². The van der Waals surface area contributed by atoms with Crippen molar-refractivity contribution >= 4 is 11.8 Å². The third kappa shape index (κ3) is 3.93. The molecule has 0 fully saturated rings. The number of nitrogens with zero attached hydrogens (tertiary/aromatic N) is 1. The molecule has 5 heteroatoms. The van der Waals surface area contributed by atoms with Gasteiger partial charge in [0.25, 0.3) is 0 Å². The smallest absolute Gasteiger partial charge is 0.320 e. The summed E-state index contributed by atoms with van der Waals surface area (Å²) in [5.74, 6) is 0.593. The topological polar surface area (TPSA) is 69.8 Å². The van der Waals surface area contributed by atoms with Crippen LogP contribution in [0.15, 0.2) is 42.6 Å². The van der Waals surface area contributed by atoms with E-state index in [-0.39, 0.29) is 6.03 Å². The van der Waals surface area contributed by atoms with Crippen molar-refractivity contribution in [1.29, 1.82) is 0 Å². The summed E-state index contributed by atoms with van der Waals surface area (Å²) in [6.07, 6.45) is 3.47. The number of aromatic nitrogens is 2. The lowest BCUT2D eigenvalue weighted by atomic mass is 10.1. The minimum absolute atomic E-state index is 0.215. The van der Waals surface area contributed by atoms with Crippen LogP contribution in [-0.2, 0) is 6.42 Å². The zero-order chi connectivity index (χ0) is 12.6. The molecule has 0 aliphatic heterocycles. The van der Waals surface area contributed by atoms with Gasteiger partial charge in [-0.3, -0.25) is 10.4 Å². The lowest BCUT2D eigenvalue weighted by molar-refractivity contribution is 0.252. The highest BCUT2D eigenvalue weighted by Gasteiger charge is 2.01. The molecule has 0 radical (unpaired) electrons. The Morgan fingerprint density at radius 3 is 2.78 bits per heavy atom. The van der Waals surface area contributed by atoms with Gasteiger partial charge in [-0.25, -0.2) is 4.79 Å². The third-order valence-corrected chi connectivity index (χ3v) is 2.52. The maximum Gasteiger partial charge on any atom is 0.320 e. The first-order chi connectivity index (χ1) is 8.84. The van der Waals surface area contributed by atoms with Crippen LogP contribution in [0.1, 0.15) is 12.0 Å². The van der Waals surface area contributed by atoms with E-state index in [1.165, 1.54) is 5.56 Å². The molecule has 1 aromatic heterocycles. The van der Waals surface area contributed by atoms with E-state index in [0.717, 1.165) is 12.8 Å². The third-order valence-electron chi connectivity index (χ3n) is 2.52. The van der Waals surface area contributed by atoms with Crippen molar-refractivity contribution in [2.24, 2.45) is 0 Å². The van der Waals surface area contributed by atoms with E-state index in [9.17, 15) is 4.79 Å². The summed E-state index contributed by atoms with van der Waals surface area (Å²) in [6.45, 7) is 0.648. The van der Waals surface area contributed by atoms with Gasteiger partial charge in [-0.2, -0.15) is 5.10 Å². The molecular weight excluding hydrogens is 228 g/mol. The van der Waals surface area contributed by atoms with Crippen LogP contribution in [0, 0.1) is 0 Å². The van der Waals surface area contributed by atoms with Gasteiger partial charge in [-0.1, -0.05) is 30.3 Å². The minimum atomic E-state index is -0.215. The van der Waals surface area contributed by atoms with Crippen LogP contribution in [-0.4, -0.2) is 22.8 Å². The molecule has 2 rings (SSSR count). The molecule has 0 unspecified atom stereocenters. The molecule has 0 atom stereocenters. The molecule has 94 valence electrons. The molecule has 0 spiro atoms. The number of aromatic amines is 1. The van der Waals surface area contributed by atoms with Gasteiger partial charge in [0.1, 0.15) is 5.82 Å². The highest BCUT2D eigenvalue weighted by atomic mass is 16.2. The lowest BCUT2D eigenvalue weighted by Crippen LogP contribution is -2.29. The molecule has 0 saturated carbocycles. The van der Waals surface area contributed by atoms with E-state index in [4.69, 9.17) is 0 Å². The normalized spacial score (nSPS) is 10.0. The Morgan fingerprint density at radius 1 is 1.22 bits per heavy atom. The van der Waals surface area contributed by atoms with E-state index < -0.39 is 0 Å². The average molecular weight is 244 g/mol. The molecule has 0 bridgehead atoms. The second-order valence-electron chi connectivity index (χ2n) is 3.94. The van der Waals surface area contributed by atoms with Crippen LogP contribution in [0.2, 0.25) is 0 Å². The summed E-state index contributed by atoms with van der Waals surface area (Å²) >= 11 is 0. The van der Waals surface area contributed by atoms with Gasteiger partial charge in [0.15, 0.2) is 0 Å². The van der Waals surface area contributed by atoms with Crippen LogP contribution >= 0.6 is 0 Å². The van der Waals surface area contributed by atoms with Gasteiger partial charge < -0.3 is 5.32 Å². The Morgan fingerprint density at radius 2 is 2.06 bits per heavy atom. The van der Waals surface area contributed by atoms with Crippen LogP contribution in [0.5, 0.6) is 0 Å². The molecule has 2 aromatic rings. The number of hydrogen-bond donors (Lipinski definition) is 3. The molecule has 5 nitrogen and oxygen atoms in total. The molecule has 0 aliphatic rings. The lowest BCUT2D eigenvalue weighted by Gasteiger charge is -2.05. The van der Waals surface area contributed by atoms with Gasteiger partial charge in [-0.15, -0.1) is 0 Å². The summed E-state index contributed by atoms with van der Waals surface area (Å²) in [5.41, 5.74) is 1.29. The van der Waals surface area contributed by atoms with E-state index >= 15 is 0 Å². The molecule has 1 aromatic carbocycles. The van der Waals surface area contributed by atoms with Gasteiger partial charge in [0.05, 0.1) is 6.20 Å². The number of carbonyl (C=O) groups excluding carboxylic acids is 1. The Kier molecular flexibility index (Phi) is 4.35. The number of benzene rings is 1. The molecule has 3 N–H and O–H groups in total. The SMILES string of the molecule is O=C(NCCCc1ccccc1)Nc1ccn[nH]1. The molecule has 1 heterocycles. The number of rotatable bonds is 5. The number of urea groups is 1.